The van der Waals surface area contributed by atoms with Crippen molar-refractivity contribution in [3.05, 3.63) is 57.8 Å². The summed E-state index contributed by atoms with van der Waals surface area (Å²) in [5.41, 5.74) is -0.968. The summed E-state index contributed by atoms with van der Waals surface area (Å²) in [4.78, 5) is 11.4. The van der Waals surface area contributed by atoms with Crippen LogP contribution in [-0.2, 0) is 14.8 Å². The second kappa shape index (κ2) is 9.60. The zero-order valence-corrected chi connectivity index (χ0v) is 18.8. The van der Waals surface area contributed by atoms with E-state index >= 15 is 0 Å². The first-order valence-electron chi connectivity index (χ1n) is 9.25. The van der Waals surface area contributed by atoms with Crippen LogP contribution in [0.4, 0.5) is 4.39 Å². The molecule has 2 aromatic rings. The monoisotopic (exact) mass is 501 g/mol. The minimum absolute atomic E-state index is 0.0151. The molecule has 12 heteroatoms. The zero-order chi connectivity index (χ0) is 23.5. The van der Waals surface area contributed by atoms with Gasteiger partial charge in [0.15, 0.2) is 0 Å². The summed E-state index contributed by atoms with van der Waals surface area (Å²) in [6, 6.07) is 9.50. The fourth-order valence-electron chi connectivity index (χ4n) is 3.20. The molecule has 0 spiro atoms. The second-order valence-electron chi connectivity index (χ2n) is 7.32. The standard InChI is InChI=1S/C20H18Cl2FN3O5S/c21-14-2-4-18(16(22)5-14)32(29,30)26-10-20(11-26,9-25-19(28)8-27)12-31-15-3-1-13(7-24)17(23)6-15/h1-6,27H,8-12H2,(H,25,28). The number of nitriles is 1. The Morgan fingerprint density at radius 1 is 1.28 bits per heavy atom. The second-order valence-corrected chi connectivity index (χ2v) is 10.1. The average Bonchev–Trinajstić information content (AvgIpc) is 2.72. The molecule has 0 aromatic heterocycles. The van der Waals surface area contributed by atoms with Crippen molar-refractivity contribution >= 4 is 39.1 Å². The van der Waals surface area contributed by atoms with Crippen LogP contribution in [-0.4, -0.2) is 56.6 Å². The summed E-state index contributed by atoms with van der Waals surface area (Å²) in [5.74, 6) is -1.23. The molecule has 1 heterocycles. The van der Waals surface area contributed by atoms with Crippen molar-refractivity contribution in [2.45, 2.75) is 4.90 Å². The van der Waals surface area contributed by atoms with Gasteiger partial charge >= 0.3 is 0 Å². The van der Waals surface area contributed by atoms with E-state index in [4.69, 9.17) is 38.3 Å². The number of carbonyl (C=O) groups excluding carboxylic acids is 1. The number of ether oxygens (including phenoxy) is 1. The van der Waals surface area contributed by atoms with Crippen LogP contribution in [0.15, 0.2) is 41.3 Å². The van der Waals surface area contributed by atoms with E-state index in [1.807, 2.05) is 0 Å². The lowest BCUT2D eigenvalue weighted by molar-refractivity contribution is -0.125. The number of nitrogens with one attached hydrogen (secondary N) is 1. The largest absolute Gasteiger partial charge is 0.493 e. The minimum atomic E-state index is -3.93. The van der Waals surface area contributed by atoms with E-state index in [1.54, 1.807) is 6.07 Å². The van der Waals surface area contributed by atoms with Gasteiger partial charge in [-0.2, -0.15) is 9.57 Å². The van der Waals surface area contributed by atoms with Crippen molar-refractivity contribution in [3.8, 4) is 11.8 Å². The number of amides is 1. The quantitative estimate of drug-likeness (QED) is 0.571. The number of carbonyl (C=O) groups is 1. The van der Waals surface area contributed by atoms with E-state index in [-0.39, 0.29) is 47.5 Å². The van der Waals surface area contributed by atoms with Crippen LogP contribution in [0.3, 0.4) is 0 Å². The van der Waals surface area contributed by atoms with Gasteiger partial charge in [0.1, 0.15) is 29.1 Å². The lowest BCUT2D eigenvalue weighted by Crippen LogP contribution is -2.64. The molecule has 1 amide bonds. The predicted molar refractivity (Wildman–Crippen MR) is 114 cm³/mol. The molecule has 0 unspecified atom stereocenters. The van der Waals surface area contributed by atoms with Gasteiger partial charge < -0.3 is 15.2 Å². The van der Waals surface area contributed by atoms with E-state index in [1.165, 1.54) is 34.6 Å². The first-order chi connectivity index (χ1) is 15.1. The summed E-state index contributed by atoms with van der Waals surface area (Å²) in [6.45, 7) is -0.784. The highest BCUT2D eigenvalue weighted by Gasteiger charge is 2.49. The maximum absolute atomic E-state index is 13.8. The normalized spacial score (nSPS) is 15.5. The number of hydrogen-bond donors (Lipinski definition) is 2. The van der Waals surface area contributed by atoms with Crippen LogP contribution in [0.1, 0.15) is 5.56 Å². The topological polar surface area (TPSA) is 120 Å². The summed E-state index contributed by atoms with van der Waals surface area (Å²) in [6.07, 6.45) is 0. The number of benzene rings is 2. The smallest absolute Gasteiger partial charge is 0.245 e. The van der Waals surface area contributed by atoms with Crippen LogP contribution in [0.5, 0.6) is 5.75 Å². The lowest BCUT2D eigenvalue weighted by atomic mass is 9.82. The van der Waals surface area contributed by atoms with Crippen molar-refractivity contribution in [2.24, 2.45) is 5.41 Å². The molecule has 0 aliphatic carbocycles. The first kappa shape index (κ1) is 24.2. The van der Waals surface area contributed by atoms with Crippen molar-refractivity contribution in [2.75, 3.05) is 32.8 Å². The van der Waals surface area contributed by atoms with Gasteiger partial charge in [0.25, 0.3) is 0 Å². The van der Waals surface area contributed by atoms with Crippen molar-refractivity contribution in [3.63, 3.8) is 0 Å². The van der Waals surface area contributed by atoms with E-state index in [9.17, 15) is 17.6 Å². The third-order valence-corrected chi connectivity index (χ3v) is 7.46. The number of nitrogens with zero attached hydrogens (tertiary/aromatic N) is 2. The highest BCUT2D eigenvalue weighted by Crippen LogP contribution is 2.37. The maximum Gasteiger partial charge on any atom is 0.245 e. The Bertz CT molecular complexity index is 1180. The molecule has 1 saturated heterocycles. The molecule has 3 rings (SSSR count). The van der Waals surface area contributed by atoms with Crippen molar-refractivity contribution in [1.29, 1.82) is 5.26 Å². The Kier molecular flexibility index (Phi) is 7.27. The highest BCUT2D eigenvalue weighted by atomic mass is 35.5. The van der Waals surface area contributed by atoms with Gasteiger partial charge in [-0.15, -0.1) is 0 Å². The van der Waals surface area contributed by atoms with Gasteiger partial charge in [-0.3, -0.25) is 4.79 Å². The summed E-state index contributed by atoms with van der Waals surface area (Å²) in [5, 5.41) is 20.6. The number of aliphatic hydroxyl groups is 1. The third-order valence-electron chi connectivity index (χ3n) is 4.95. The Morgan fingerprint density at radius 3 is 2.59 bits per heavy atom. The Morgan fingerprint density at radius 2 is 2.00 bits per heavy atom. The van der Waals surface area contributed by atoms with Gasteiger partial charge in [-0.1, -0.05) is 23.2 Å². The molecule has 0 atom stereocenters. The van der Waals surface area contributed by atoms with Crippen LogP contribution in [0.25, 0.3) is 0 Å². The molecule has 0 saturated carbocycles. The molecule has 8 nitrogen and oxygen atoms in total. The summed E-state index contributed by atoms with van der Waals surface area (Å²) < 4.78 is 46.6. The highest BCUT2D eigenvalue weighted by molar-refractivity contribution is 7.89. The van der Waals surface area contributed by atoms with Crippen molar-refractivity contribution < 1.29 is 27.4 Å². The van der Waals surface area contributed by atoms with Gasteiger partial charge in [0, 0.05) is 36.1 Å². The molecule has 170 valence electrons. The SMILES string of the molecule is N#Cc1ccc(OCC2(CNC(=O)CO)CN(S(=O)(=O)c3ccc(Cl)cc3Cl)C2)cc1F. The van der Waals surface area contributed by atoms with E-state index in [2.05, 4.69) is 5.32 Å². The number of rotatable bonds is 8. The zero-order valence-electron chi connectivity index (χ0n) is 16.5. The van der Waals surface area contributed by atoms with Crippen molar-refractivity contribution in [1.82, 2.24) is 9.62 Å². The number of halogens is 3. The van der Waals surface area contributed by atoms with E-state index < -0.39 is 33.8 Å². The molecule has 1 aliphatic rings. The Balaban J connectivity index is 1.76. The number of aliphatic hydroxyl groups excluding tert-OH is 1. The van der Waals surface area contributed by atoms with Crippen LogP contribution in [0, 0.1) is 22.6 Å². The number of hydrogen-bond acceptors (Lipinski definition) is 6. The third kappa shape index (κ3) is 5.14. The lowest BCUT2D eigenvalue weighted by Gasteiger charge is -2.48. The fraction of sp³-hybridized carbons (Fsp3) is 0.300. The molecule has 2 N–H and O–H groups in total. The molecule has 1 fully saturated rings. The van der Waals surface area contributed by atoms with Gasteiger partial charge in [0.2, 0.25) is 15.9 Å². The molecule has 0 radical (unpaired) electrons. The summed E-state index contributed by atoms with van der Waals surface area (Å²) in [7, 11) is -3.93. The molecule has 2 aromatic carbocycles. The molecule has 32 heavy (non-hydrogen) atoms. The van der Waals surface area contributed by atoms with Gasteiger partial charge in [-0.05, 0) is 30.3 Å². The Labute approximate surface area is 194 Å². The molecule has 1 aliphatic heterocycles. The Hall–Kier alpha value is -2.42. The van der Waals surface area contributed by atoms with Crippen LogP contribution >= 0.6 is 23.2 Å². The average molecular weight is 502 g/mol. The fourth-order valence-corrected chi connectivity index (χ4v) is 5.62. The van der Waals surface area contributed by atoms with E-state index in [0.29, 0.717) is 5.02 Å². The first-order valence-corrected chi connectivity index (χ1v) is 11.4. The van der Waals surface area contributed by atoms with Crippen LogP contribution in [0.2, 0.25) is 10.0 Å². The molecular weight excluding hydrogens is 484 g/mol. The summed E-state index contributed by atoms with van der Waals surface area (Å²) >= 11 is 11.9. The maximum atomic E-state index is 13.8. The predicted octanol–water partition coefficient (Wildman–Crippen LogP) is 2.18. The minimum Gasteiger partial charge on any atom is -0.493 e. The van der Waals surface area contributed by atoms with Crippen LogP contribution < -0.4 is 10.1 Å². The van der Waals surface area contributed by atoms with E-state index in [0.717, 1.165) is 6.07 Å². The number of sulfonamides is 1. The molecular formula is C20H18Cl2FN3O5S. The van der Waals surface area contributed by atoms with Gasteiger partial charge in [-0.25, -0.2) is 12.8 Å². The van der Waals surface area contributed by atoms with Gasteiger partial charge in [0.05, 0.1) is 17.2 Å². The molecule has 0 bridgehead atoms.